The molecule has 1 saturated heterocycles. The Hall–Kier alpha value is -0.550. The van der Waals surface area contributed by atoms with Gasteiger partial charge < -0.3 is 0 Å². The van der Waals surface area contributed by atoms with Gasteiger partial charge in [-0.1, -0.05) is 22.0 Å². The summed E-state index contributed by atoms with van der Waals surface area (Å²) in [6.45, 7) is 0.217. The van der Waals surface area contributed by atoms with Crippen LogP contribution >= 0.6 is 15.9 Å². The summed E-state index contributed by atoms with van der Waals surface area (Å²) < 4.78 is 27.0. The van der Waals surface area contributed by atoms with E-state index in [9.17, 15) is 8.42 Å². The number of sulfonamides is 1. The van der Waals surface area contributed by atoms with E-state index in [-0.39, 0.29) is 17.6 Å². The second-order valence-corrected chi connectivity index (χ2v) is 6.08. The van der Waals surface area contributed by atoms with Crippen LogP contribution in [-0.4, -0.2) is 21.1 Å². The molecule has 2 rings (SSSR count). The SMILES string of the molecule is O=S(=O)(NCC1NNNN1)c1cccc(Br)c1. The molecule has 0 spiro atoms. The Morgan fingerprint density at radius 3 is 2.65 bits per heavy atom. The maximum atomic E-state index is 11.9. The van der Waals surface area contributed by atoms with Gasteiger partial charge in [-0.3, -0.25) is 0 Å². The fourth-order valence-electron chi connectivity index (χ4n) is 1.30. The van der Waals surface area contributed by atoms with E-state index in [4.69, 9.17) is 0 Å². The molecule has 1 fully saturated rings. The van der Waals surface area contributed by atoms with Gasteiger partial charge in [0.2, 0.25) is 10.0 Å². The van der Waals surface area contributed by atoms with Crippen LogP contribution in [0.25, 0.3) is 0 Å². The molecule has 1 heterocycles. The van der Waals surface area contributed by atoms with E-state index in [1.165, 1.54) is 0 Å². The predicted octanol–water partition coefficient (Wildman–Crippen LogP) is -0.829. The highest BCUT2D eigenvalue weighted by atomic mass is 79.9. The fraction of sp³-hybridized carbons (Fsp3) is 0.250. The van der Waals surface area contributed by atoms with Crippen LogP contribution in [0, 0.1) is 0 Å². The minimum absolute atomic E-state index is 0.211. The lowest BCUT2D eigenvalue weighted by molar-refractivity contribution is 0.505. The van der Waals surface area contributed by atoms with E-state index in [2.05, 4.69) is 42.6 Å². The van der Waals surface area contributed by atoms with E-state index < -0.39 is 10.0 Å². The van der Waals surface area contributed by atoms with Crippen molar-refractivity contribution < 1.29 is 8.42 Å². The number of rotatable bonds is 4. The van der Waals surface area contributed by atoms with E-state index >= 15 is 0 Å². The standard InChI is InChI=1S/C8H12BrN5O2S/c9-6-2-1-3-7(4-6)17(15,16)10-5-8-11-13-14-12-8/h1-4,8,10-14H,5H2. The summed E-state index contributed by atoms with van der Waals surface area (Å²) in [5.74, 6) is 0. The van der Waals surface area contributed by atoms with Crippen LogP contribution in [0.2, 0.25) is 0 Å². The molecule has 0 saturated carbocycles. The first-order valence-corrected chi connectivity index (χ1v) is 7.12. The molecule has 1 aromatic carbocycles. The fourth-order valence-corrected chi connectivity index (χ4v) is 2.94. The molecule has 1 aliphatic rings. The predicted molar refractivity (Wildman–Crippen MR) is 65.7 cm³/mol. The van der Waals surface area contributed by atoms with Crippen molar-refractivity contribution in [3.05, 3.63) is 28.7 Å². The number of hydrogen-bond donors (Lipinski definition) is 5. The van der Waals surface area contributed by atoms with Gasteiger partial charge in [-0.2, -0.15) is 11.1 Å². The first-order valence-electron chi connectivity index (χ1n) is 4.84. The van der Waals surface area contributed by atoms with Crippen molar-refractivity contribution in [3.63, 3.8) is 0 Å². The molecule has 0 atom stereocenters. The average molecular weight is 322 g/mol. The minimum Gasteiger partial charge on any atom is -0.223 e. The van der Waals surface area contributed by atoms with Gasteiger partial charge in [-0.05, 0) is 18.2 Å². The molecule has 7 nitrogen and oxygen atoms in total. The Balaban J connectivity index is 2.03. The van der Waals surface area contributed by atoms with Gasteiger partial charge in [0.25, 0.3) is 0 Å². The molecule has 0 radical (unpaired) electrons. The van der Waals surface area contributed by atoms with Gasteiger partial charge in [0.05, 0.1) is 11.1 Å². The molecule has 5 N–H and O–H groups in total. The van der Waals surface area contributed by atoms with Crippen LogP contribution in [0.3, 0.4) is 0 Å². The monoisotopic (exact) mass is 321 g/mol. The maximum absolute atomic E-state index is 11.9. The zero-order valence-corrected chi connectivity index (χ0v) is 11.1. The van der Waals surface area contributed by atoms with Gasteiger partial charge in [-0.15, -0.1) is 0 Å². The molecule has 17 heavy (non-hydrogen) atoms. The average Bonchev–Trinajstić information content (AvgIpc) is 2.79. The van der Waals surface area contributed by atoms with Crippen LogP contribution in [0.5, 0.6) is 0 Å². The molecule has 0 aromatic heterocycles. The smallest absolute Gasteiger partial charge is 0.223 e. The Kier molecular flexibility index (Phi) is 4.09. The summed E-state index contributed by atoms with van der Waals surface area (Å²) in [4.78, 5) is 0.228. The van der Waals surface area contributed by atoms with E-state index in [0.29, 0.717) is 0 Å². The van der Waals surface area contributed by atoms with Crippen LogP contribution in [0.15, 0.2) is 33.6 Å². The number of hydrogen-bond acceptors (Lipinski definition) is 6. The maximum Gasteiger partial charge on any atom is 0.240 e. The third kappa shape index (κ3) is 3.45. The Labute approximate surface area is 107 Å². The first-order chi connectivity index (χ1) is 8.08. The van der Waals surface area contributed by atoms with Crippen molar-refractivity contribution in [3.8, 4) is 0 Å². The molecular formula is C8H12BrN5O2S. The highest BCUT2D eigenvalue weighted by Crippen LogP contribution is 2.15. The van der Waals surface area contributed by atoms with Gasteiger partial charge >= 0.3 is 0 Å². The van der Waals surface area contributed by atoms with Gasteiger partial charge in [0.15, 0.2) is 0 Å². The molecule has 1 aromatic rings. The largest absolute Gasteiger partial charge is 0.240 e. The quantitative estimate of drug-likeness (QED) is 0.497. The van der Waals surface area contributed by atoms with Crippen LogP contribution in [0.1, 0.15) is 0 Å². The zero-order valence-electron chi connectivity index (χ0n) is 8.70. The Bertz CT molecular complexity index is 488. The molecule has 94 valence electrons. The second-order valence-electron chi connectivity index (χ2n) is 3.40. The van der Waals surface area contributed by atoms with Crippen molar-refractivity contribution in [2.45, 2.75) is 11.1 Å². The molecule has 9 heteroatoms. The normalized spacial score (nSPS) is 17.5. The van der Waals surface area contributed by atoms with Gasteiger partial charge in [-0.25, -0.2) is 24.0 Å². The molecule has 0 bridgehead atoms. The zero-order chi connectivity index (χ0) is 12.3. The topological polar surface area (TPSA) is 94.3 Å². The first kappa shape index (κ1) is 12.9. The third-order valence-electron chi connectivity index (χ3n) is 2.14. The van der Waals surface area contributed by atoms with Crippen LogP contribution in [-0.2, 0) is 10.0 Å². The van der Waals surface area contributed by atoms with Gasteiger partial charge in [0.1, 0.15) is 0 Å². The number of benzene rings is 1. The van der Waals surface area contributed by atoms with Crippen molar-refractivity contribution in [2.24, 2.45) is 0 Å². The van der Waals surface area contributed by atoms with Crippen LogP contribution < -0.4 is 26.6 Å². The summed E-state index contributed by atoms with van der Waals surface area (Å²) in [6.07, 6.45) is -0.211. The van der Waals surface area contributed by atoms with Crippen molar-refractivity contribution in [2.75, 3.05) is 6.54 Å². The number of nitrogens with one attached hydrogen (secondary N) is 5. The van der Waals surface area contributed by atoms with E-state index in [1.807, 2.05) is 0 Å². The van der Waals surface area contributed by atoms with Crippen LogP contribution in [0.4, 0.5) is 0 Å². The molecule has 0 aliphatic carbocycles. The van der Waals surface area contributed by atoms with Crippen molar-refractivity contribution >= 4 is 26.0 Å². The highest BCUT2D eigenvalue weighted by Gasteiger charge is 2.18. The molecule has 1 aliphatic heterocycles. The number of halogens is 1. The summed E-state index contributed by atoms with van der Waals surface area (Å²) in [5, 5.41) is 0. The second kappa shape index (κ2) is 5.40. The Morgan fingerprint density at radius 1 is 1.29 bits per heavy atom. The van der Waals surface area contributed by atoms with E-state index in [0.717, 1.165) is 4.47 Å². The summed E-state index contributed by atoms with van der Waals surface area (Å²) in [5.41, 5.74) is 10.8. The molecule has 0 unspecified atom stereocenters. The molecule has 0 amide bonds. The highest BCUT2D eigenvalue weighted by molar-refractivity contribution is 9.10. The minimum atomic E-state index is -3.49. The summed E-state index contributed by atoms with van der Waals surface area (Å²) in [6, 6.07) is 6.54. The lowest BCUT2D eigenvalue weighted by Gasteiger charge is -2.11. The summed E-state index contributed by atoms with van der Waals surface area (Å²) in [7, 11) is -3.49. The summed E-state index contributed by atoms with van der Waals surface area (Å²) >= 11 is 3.24. The van der Waals surface area contributed by atoms with E-state index in [1.54, 1.807) is 24.3 Å². The van der Waals surface area contributed by atoms with Crippen molar-refractivity contribution in [1.82, 2.24) is 26.6 Å². The lowest BCUT2D eigenvalue weighted by atomic mass is 10.4. The molecular weight excluding hydrogens is 310 g/mol. The third-order valence-corrected chi connectivity index (χ3v) is 4.05. The lowest BCUT2D eigenvalue weighted by Crippen LogP contribution is -2.44. The Morgan fingerprint density at radius 2 is 2.00 bits per heavy atom. The number of hydrazine groups is 3. The van der Waals surface area contributed by atoms with Crippen molar-refractivity contribution in [1.29, 1.82) is 0 Å². The van der Waals surface area contributed by atoms with Gasteiger partial charge in [0, 0.05) is 11.0 Å².